The maximum absolute atomic E-state index is 6.14. The van der Waals surface area contributed by atoms with Gasteiger partial charge in [0.1, 0.15) is 10.4 Å². The first-order valence-electron chi connectivity index (χ1n) is 6.21. The van der Waals surface area contributed by atoms with E-state index >= 15 is 0 Å². The van der Waals surface area contributed by atoms with Crippen molar-refractivity contribution in [2.75, 3.05) is 0 Å². The number of imidazole rings is 1. The van der Waals surface area contributed by atoms with Crippen LogP contribution in [0, 0.1) is 0 Å². The number of nitrogens with zero attached hydrogens (tertiary/aromatic N) is 2. The summed E-state index contributed by atoms with van der Waals surface area (Å²) in [4.78, 5) is 4.61. The summed E-state index contributed by atoms with van der Waals surface area (Å²) in [5.41, 5.74) is 7.66. The van der Waals surface area contributed by atoms with Crippen molar-refractivity contribution >= 4 is 15.9 Å². The van der Waals surface area contributed by atoms with Crippen molar-refractivity contribution in [2.45, 2.75) is 57.0 Å². The van der Waals surface area contributed by atoms with Crippen molar-refractivity contribution in [3.8, 4) is 0 Å². The summed E-state index contributed by atoms with van der Waals surface area (Å²) in [6.45, 7) is 1.14. The van der Waals surface area contributed by atoms with E-state index in [4.69, 9.17) is 5.73 Å². The zero-order valence-electron chi connectivity index (χ0n) is 9.51. The largest absolute Gasteiger partial charge is 0.331 e. The van der Waals surface area contributed by atoms with Crippen molar-refractivity contribution < 1.29 is 0 Å². The molecule has 0 atom stereocenters. The fraction of sp³-hybridized carbons (Fsp3) is 0.750. The summed E-state index contributed by atoms with van der Waals surface area (Å²) >= 11 is 3.59. The van der Waals surface area contributed by atoms with Crippen molar-refractivity contribution in [3.05, 3.63) is 16.1 Å². The maximum Gasteiger partial charge on any atom is 0.127 e. The second-order valence-corrected chi connectivity index (χ2v) is 5.99. The lowest BCUT2D eigenvalue weighted by Crippen LogP contribution is -2.23. The van der Waals surface area contributed by atoms with E-state index in [0.717, 1.165) is 30.4 Å². The normalized spacial score (nSPS) is 21.9. The second kappa shape index (κ2) is 3.84. The van der Waals surface area contributed by atoms with E-state index in [1.807, 2.05) is 0 Å². The van der Waals surface area contributed by atoms with Gasteiger partial charge in [0.25, 0.3) is 0 Å². The van der Waals surface area contributed by atoms with E-state index in [0.29, 0.717) is 0 Å². The highest BCUT2D eigenvalue weighted by molar-refractivity contribution is 9.10. The van der Waals surface area contributed by atoms with Gasteiger partial charge in [-0.2, -0.15) is 0 Å². The molecule has 16 heavy (non-hydrogen) atoms. The number of nitrogens with two attached hydrogens (primary N) is 1. The minimum absolute atomic E-state index is 0.152. The van der Waals surface area contributed by atoms with Crippen LogP contribution in [-0.2, 0) is 19.4 Å². The third kappa shape index (κ3) is 1.93. The Hall–Kier alpha value is -0.350. The Morgan fingerprint density at radius 3 is 2.94 bits per heavy atom. The molecule has 0 aromatic carbocycles. The Kier molecular flexibility index (Phi) is 2.59. The number of aryl methyl sites for hydroxylation is 1. The number of fused-ring (bicyclic) bond motifs is 1. The summed E-state index contributed by atoms with van der Waals surface area (Å²) in [6.07, 6.45) is 8.28. The van der Waals surface area contributed by atoms with E-state index in [1.165, 1.54) is 37.2 Å². The van der Waals surface area contributed by atoms with E-state index in [9.17, 15) is 0 Å². The van der Waals surface area contributed by atoms with Gasteiger partial charge in [-0.15, -0.1) is 0 Å². The molecular weight excluding hydrogens is 266 g/mol. The van der Waals surface area contributed by atoms with E-state index < -0.39 is 0 Å². The van der Waals surface area contributed by atoms with Gasteiger partial charge in [0.05, 0.1) is 5.69 Å². The van der Waals surface area contributed by atoms with Crippen LogP contribution < -0.4 is 5.73 Å². The molecule has 1 saturated carbocycles. The lowest BCUT2D eigenvalue weighted by Gasteiger charge is -2.17. The smallest absolute Gasteiger partial charge is 0.127 e. The van der Waals surface area contributed by atoms with Gasteiger partial charge in [-0.1, -0.05) is 0 Å². The average molecular weight is 284 g/mol. The number of halogens is 1. The van der Waals surface area contributed by atoms with Crippen LogP contribution in [0.3, 0.4) is 0 Å². The monoisotopic (exact) mass is 283 g/mol. The van der Waals surface area contributed by atoms with Gasteiger partial charge in [0.2, 0.25) is 0 Å². The minimum Gasteiger partial charge on any atom is -0.331 e. The molecule has 0 amide bonds. The number of aromatic nitrogens is 2. The first-order valence-corrected chi connectivity index (χ1v) is 7.00. The molecule has 3 rings (SSSR count). The van der Waals surface area contributed by atoms with Crippen molar-refractivity contribution in [1.82, 2.24) is 9.55 Å². The fourth-order valence-electron chi connectivity index (χ4n) is 2.53. The molecule has 88 valence electrons. The van der Waals surface area contributed by atoms with Crippen molar-refractivity contribution in [2.24, 2.45) is 5.73 Å². The Balaban J connectivity index is 1.79. The number of hydrogen-bond acceptors (Lipinski definition) is 2. The topological polar surface area (TPSA) is 43.8 Å². The first kappa shape index (κ1) is 10.8. The van der Waals surface area contributed by atoms with Crippen LogP contribution in [0.5, 0.6) is 0 Å². The van der Waals surface area contributed by atoms with Gasteiger partial charge in [0.15, 0.2) is 0 Å². The van der Waals surface area contributed by atoms with Crippen LogP contribution in [0.15, 0.2) is 4.60 Å². The molecule has 4 heteroatoms. The average Bonchev–Trinajstić information content (AvgIpc) is 2.91. The molecule has 1 fully saturated rings. The standard InChI is InChI=1S/C12H18BrN3/c13-11-9(4-5-12(14)6-7-12)16-8-2-1-3-10(16)15-11/h1-8,14H2. The molecule has 2 heterocycles. The van der Waals surface area contributed by atoms with Gasteiger partial charge in [-0.05, 0) is 54.5 Å². The molecule has 0 spiro atoms. The zero-order valence-corrected chi connectivity index (χ0v) is 11.1. The molecule has 0 bridgehead atoms. The van der Waals surface area contributed by atoms with Gasteiger partial charge in [0, 0.05) is 18.5 Å². The molecule has 2 N–H and O–H groups in total. The number of hydrogen-bond donors (Lipinski definition) is 1. The molecule has 1 aromatic heterocycles. The van der Waals surface area contributed by atoms with Crippen LogP contribution in [0.1, 0.15) is 43.6 Å². The third-order valence-electron chi connectivity index (χ3n) is 3.89. The van der Waals surface area contributed by atoms with Crippen LogP contribution in [-0.4, -0.2) is 15.1 Å². The van der Waals surface area contributed by atoms with Gasteiger partial charge in [-0.25, -0.2) is 4.98 Å². The maximum atomic E-state index is 6.14. The van der Waals surface area contributed by atoms with E-state index in [-0.39, 0.29) is 5.54 Å². The molecule has 3 nitrogen and oxygen atoms in total. The zero-order chi connectivity index (χ0) is 11.2. The van der Waals surface area contributed by atoms with Crippen molar-refractivity contribution in [3.63, 3.8) is 0 Å². The molecule has 1 aliphatic carbocycles. The predicted octanol–water partition coefficient (Wildman–Crippen LogP) is 2.41. The molecule has 0 unspecified atom stereocenters. The van der Waals surface area contributed by atoms with E-state index in [1.54, 1.807) is 0 Å². The second-order valence-electron chi connectivity index (χ2n) is 5.24. The fourth-order valence-corrected chi connectivity index (χ4v) is 3.15. The minimum atomic E-state index is 0.152. The quantitative estimate of drug-likeness (QED) is 0.926. The van der Waals surface area contributed by atoms with Gasteiger partial charge < -0.3 is 10.3 Å². The van der Waals surface area contributed by atoms with Crippen LogP contribution in [0.2, 0.25) is 0 Å². The first-order chi connectivity index (χ1) is 7.68. The van der Waals surface area contributed by atoms with Gasteiger partial charge in [-0.3, -0.25) is 0 Å². The third-order valence-corrected chi connectivity index (χ3v) is 4.52. The summed E-state index contributed by atoms with van der Waals surface area (Å²) < 4.78 is 3.45. The molecule has 2 aliphatic rings. The highest BCUT2D eigenvalue weighted by Gasteiger charge is 2.37. The van der Waals surface area contributed by atoms with Crippen LogP contribution in [0.4, 0.5) is 0 Å². The summed E-state index contributed by atoms with van der Waals surface area (Å²) in [5, 5.41) is 0. The Morgan fingerprint density at radius 1 is 1.38 bits per heavy atom. The van der Waals surface area contributed by atoms with Crippen LogP contribution in [0.25, 0.3) is 0 Å². The summed E-state index contributed by atoms with van der Waals surface area (Å²) in [6, 6.07) is 0. The molecule has 0 saturated heterocycles. The number of rotatable bonds is 3. The Morgan fingerprint density at radius 2 is 2.19 bits per heavy atom. The van der Waals surface area contributed by atoms with Crippen LogP contribution >= 0.6 is 15.9 Å². The lowest BCUT2D eigenvalue weighted by molar-refractivity contribution is 0.497. The SMILES string of the molecule is NC1(CCc2c(Br)nc3n2CCCC3)CC1. The molecule has 1 aromatic rings. The summed E-state index contributed by atoms with van der Waals surface area (Å²) in [7, 11) is 0. The summed E-state index contributed by atoms with van der Waals surface area (Å²) in [5.74, 6) is 1.26. The predicted molar refractivity (Wildman–Crippen MR) is 67.3 cm³/mol. The van der Waals surface area contributed by atoms with Crippen molar-refractivity contribution in [1.29, 1.82) is 0 Å². The molecule has 0 radical (unpaired) electrons. The Labute approximate surface area is 105 Å². The Bertz CT molecular complexity index is 407. The van der Waals surface area contributed by atoms with E-state index in [2.05, 4.69) is 25.5 Å². The molecule has 1 aliphatic heterocycles. The lowest BCUT2D eigenvalue weighted by atomic mass is 10.1. The highest BCUT2D eigenvalue weighted by Crippen LogP contribution is 2.37. The highest BCUT2D eigenvalue weighted by atomic mass is 79.9. The molecular formula is C12H18BrN3. The van der Waals surface area contributed by atoms with Gasteiger partial charge >= 0.3 is 0 Å².